The third-order valence-corrected chi connectivity index (χ3v) is 3.60. The van der Waals surface area contributed by atoms with Gasteiger partial charge in [0.05, 0.1) is 0 Å². The summed E-state index contributed by atoms with van der Waals surface area (Å²) in [4.78, 5) is 11.3. The molecule has 1 heterocycles. The van der Waals surface area contributed by atoms with Gasteiger partial charge in [-0.1, -0.05) is 5.57 Å². The molecule has 0 aromatic carbocycles. The van der Waals surface area contributed by atoms with E-state index < -0.39 is 44.2 Å². The van der Waals surface area contributed by atoms with Gasteiger partial charge in [-0.2, -0.15) is 16.8 Å². The van der Waals surface area contributed by atoms with E-state index in [2.05, 4.69) is 8.37 Å². The van der Waals surface area contributed by atoms with E-state index in [-0.39, 0.29) is 12.2 Å². The third-order valence-electron chi connectivity index (χ3n) is 2.80. The Bertz CT molecular complexity index is 812. The van der Waals surface area contributed by atoms with Crippen molar-refractivity contribution >= 4 is 26.8 Å². The average molecular weight is 354 g/mol. The first-order valence-electron chi connectivity index (χ1n) is 5.63. The molecule has 1 aliphatic carbocycles. The fourth-order valence-electron chi connectivity index (χ4n) is 2.00. The SMILES string of the molecule is CC1=CC(=O)OC2=CC(OS(=O)(=O)O)=C(OS(=O)(=O)O)CC12. The van der Waals surface area contributed by atoms with Crippen LogP contribution in [-0.4, -0.2) is 31.9 Å². The largest absolute Gasteiger partial charge is 0.446 e. The van der Waals surface area contributed by atoms with E-state index in [1.165, 1.54) is 6.08 Å². The van der Waals surface area contributed by atoms with Crippen LogP contribution in [0, 0.1) is 5.92 Å². The van der Waals surface area contributed by atoms with E-state index in [0.717, 1.165) is 6.08 Å². The monoisotopic (exact) mass is 354 g/mol. The lowest BCUT2D eigenvalue weighted by atomic mass is 9.88. The van der Waals surface area contributed by atoms with Crippen molar-refractivity contribution in [3.05, 3.63) is 35.0 Å². The first kappa shape index (κ1) is 16.5. The van der Waals surface area contributed by atoms with Gasteiger partial charge in [-0.05, 0) is 6.92 Å². The second-order valence-electron chi connectivity index (χ2n) is 4.42. The van der Waals surface area contributed by atoms with E-state index in [1.807, 2.05) is 0 Å². The minimum Gasteiger partial charge on any atom is -0.427 e. The average Bonchev–Trinajstić information content (AvgIpc) is 2.26. The maximum absolute atomic E-state index is 11.3. The number of fused-ring (bicyclic) bond motifs is 1. The van der Waals surface area contributed by atoms with Crippen LogP contribution in [0.15, 0.2) is 35.0 Å². The molecule has 2 aliphatic rings. The van der Waals surface area contributed by atoms with E-state index >= 15 is 0 Å². The number of carbonyl (C=O) groups is 1. The Hall–Kier alpha value is -1.89. The molecule has 2 rings (SSSR count). The van der Waals surface area contributed by atoms with Crippen molar-refractivity contribution in [1.29, 1.82) is 0 Å². The molecule has 0 spiro atoms. The summed E-state index contributed by atoms with van der Waals surface area (Å²) in [5.41, 5.74) is 0.504. The van der Waals surface area contributed by atoms with Crippen LogP contribution in [0.1, 0.15) is 13.3 Å². The van der Waals surface area contributed by atoms with Crippen LogP contribution in [0.25, 0.3) is 0 Å². The standard InChI is InChI=1S/C10H10O10S2/c1-5-2-10(11)18-7-4-9(20-22(15,16)17)8(3-6(5)7)19-21(12,13)14/h2,4,6H,3H2,1H3,(H,12,13,14)(H,15,16,17). The first-order chi connectivity index (χ1) is 9.94. The van der Waals surface area contributed by atoms with E-state index in [0.29, 0.717) is 5.57 Å². The zero-order valence-electron chi connectivity index (χ0n) is 10.9. The van der Waals surface area contributed by atoms with E-state index in [4.69, 9.17) is 13.8 Å². The maximum atomic E-state index is 11.3. The molecule has 0 saturated heterocycles. The third kappa shape index (κ3) is 4.07. The lowest BCUT2D eigenvalue weighted by molar-refractivity contribution is -0.135. The molecule has 1 unspecified atom stereocenters. The Morgan fingerprint density at radius 2 is 1.73 bits per heavy atom. The van der Waals surface area contributed by atoms with Gasteiger partial charge in [0.15, 0.2) is 11.5 Å². The lowest BCUT2D eigenvalue weighted by Crippen LogP contribution is -2.24. The summed E-state index contributed by atoms with van der Waals surface area (Å²) in [6.45, 7) is 1.57. The van der Waals surface area contributed by atoms with Crippen molar-refractivity contribution in [2.24, 2.45) is 5.92 Å². The highest BCUT2D eigenvalue weighted by atomic mass is 32.3. The van der Waals surface area contributed by atoms with Crippen molar-refractivity contribution in [2.45, 2.75) is 13.3 Å². The zero-order chi connectivity index (χ0) is 16.7. The highest BCUT2D eigenvalue weighted by molar-refractivity contribution is 7.81. The molecule has 0 aromatic rings. The van der Waals surface area contributed by atoms with Crippen molar-refractivity contribution in [3.8, 4) is 0 Å². The predicted octanol–water partition coefficient (Wildman–Crippen LogP) is 0.244. The maximum Gasteiger partial charge on any atom is 0.446 e. The van der Waals surface area contributed by atoms with Gasteiger partial charge in [-0.3, -0.25) is 9.11 Å². The number of allylic oxidation sites excluding steroid dienone is 3. The van der Waals surface area contributed by atoms with Gasteiger partial charge in [0, 0.05) is 24.5 Å². The molecule has 0 fully saturated rings. The predicted molar refractivity (Wildman–Crippen MR) is 68.3 cm³/mol. The van der Waals surface area contributed by atoms with Crippen LogP contribution >= 0.6 is 0 Å². The normalized spacial score (nSPS) is 22.3. The Morgan fingerprint density at radius 1 is 1.14 bits per heavy atom. The quantitative estimate of drug-likeness (QED) is 0.530. The fraction of sp³-hybridized carbons (Fsp3) is 0.300. The Labute approximate surface area is 125 Å². The summed E-state index contributed by atoms with van der Waals surface area (Å²) in [6.07, 6.45) is 1.78. The number of hydrogen-bond acceptors (Lipinski definition) is 8. The van der Waals surface area contributed by atoms with Crippen molar-refractivity contribution in [3.63, 3.8) is 0 Å². The van der Waals surface area contributed by atoms with Gasteiger partial charge in [-0.15, -0.1) is 0 Å². The number of carbonyl (C=O) groups excluding carboxylic acids is 1. The van der Waals surface area contributed by atoms with Crippen LogP contribution < -0.4 is 0 Å². The van der Waals surface area contributed by atoms with E-state index in [9.17, 15) is 21.6 Å². The Balaban J connectivity index is 2.49. The highest BCUT2D eigenvalue weighted by Crippen LogP contribution is 2.38. The summed E-state index contributed by atoms with van der Waals surface area (Å²) < 4.78 is 73.9. The van der Waals surface area contributed by atoms with Gasteiger partial charge in [0.1, 0.15) is 5.76 Å². The van der Waals surface area contributed by atoms with Crippen LogP contribution in [-0.2, 0) is 38.7 Å². The number of hydrogen-bond donors (Lipinski definition) is 2. The molecule has 1 atom stereocenters. The van der Waals surface area contributed by atoms with Crippen molar-refractivity contribution < 1.29 is 43.8 Å². The van der Waals surface area contributed by atoms with E-state index in [1.54, 1.807) is 6.92 Å². The number of esters is 1. The van der Waals surface area contributed by atoms with Crippen LogP contribution in [0.3, 0.4) is 0 Å². The van der Waals surface area contributed by atoms with Crippen LogP contribution in [0.2, 0.25) is 0 Å². The molecule has 122 valence electrons. The van der Waals surface area contributed by atoms with Crippen LogP contribution in [0.4, 0.5) is 0 Å². The fourth-order valence-corrected chi connectivity index (χ4v) is 2.77. The second kappa shape index (κ2) is 5.39. The molecule has 0 saturated carbocycles. The van der Waals surface area contributed by atoms with Gasteiger partial charge >= 0.3 is 26.8 Å². The summed E-state index contributed by atoms with van der Waals surface area (Å²) in [6, 6.07) is 0. The first-order valence-corrected chi connectivity index (χ1v) is 8.36. The summed E-state index contributed by atoms with van der Waals surface area (Å²) in [5.74, 6) is -2.62. The molecule has 0 radical (unpaired) electrons. The summed E-state index contributed by atoms with van der Waals surface area (Å²) in [5, 5.41) is 0. The molecule has 10 nitrogen and oxygen atoms in total. The topological polar surface area (TPSA) is 154 Å². The highest BCUT2D eigenvalue weighted by Gasteiger charge is 2.35. The van der Waals surface area contributed by atoms with Gasteiger partial charge in [0.25, 0.3) is 0 Å². The van der Waals surface area contributed by atoms with Crippen molar-refractivity contribution in [1.82, 2.24) is 0 Å². The lowest BCUT2D eigenvalue weighted by Gasteiger charge is -2.28. The molecule has 0 bridgehead atoms. The van der Waals surface area contributed by atoms with Crippen LogP contribution in [0.5, 0.6) is 0 Å². The van der Waals surface area contributed by atoms with Gasteiger partial charge in [0.2, 0.25) is 0 Å². The molecule has 12 heteroatoms. The number of ether oxygens (including phenoxy) is 1. The Kier molecular flexibility index (Phi) is 4.04. The van der Waals surface area contributed by atoms with Crippen molar-refractivity contribution in [2.75, 3.05) is 0 Å². The molecular formula is C10H10O10S2. The van der Waals surface area contributed by atoms with Gasteiger partial charge in [-0.25, -0.2) is 4.79 Å². The smallest absolute Gasteiger partial charge is 0.427 e. The molecular weight excluding hydrogens is 344 g/mol. The minimum absolute atomic E-state index is 0.00802. The summed E-state index contributed by atoms with van der Waals surface area (Å²) >= 11 is 0. The number of rotatable bonds is 4. The minimum atomic E-state index is -4.99. The molecule has 2 N–H and O–H groups in total. The molecule has 22 heavy (non-hydrogen) atoms. The summed E-state index contributed by atoms with van der Waals surface area (Å²) in [7, 11) is -9.94. The van der Waals surface area contributed by atoms with Gasteiger partial charge < -0.3 is 13.1 Å². The Morgan fingerprint density at radius 3 is 2.27 bits per heavy atom. The zero-order valence-corrected chi connectivity index (χ0v) is 12.5. The molecule has 0 aromatic heterocycles. The molecule has 0 amide bonds. The molecule has 1 aliphatic heterocycles. The second-order valence-corrected chi connectivity index (χ2v) is 6.47.